The number of sulfonamides is 1. The number of nitrogens with zero attached hydrogens (tertiary/aromatic N) is 1. The van der Waals surface area contributed by atoms with Crippen LogP contribution in [0.4, 0.5) is 0 Å². The molecule has 6 heteroatoms. The molecule has 1 saturated heterocycles. The van der Waals surface area contributed by atoms with Crippen molar-refractivity contribution in [2.24, 2.45) is 5.92 Å². The summed E-state index contributed by atoms with van der Waals surface area (Å²) in [7, 11) is -3.14. The van der Waals surface area contributed by atoms with Gasteiger partial charge in [0.2, 0.25) is 10.0 Å². The highest BCUT2D eigenvalue weighted by Gasteiger charge is 2.27. The van der Waals surface area contributed by atoms with Gasteiger partial charge in [-0.1, -0.05) is 6.92 Å². The third-order valence-corrected chi connectivity index (χ3v) is 5.45. The summed E-state index contributed by atoms with van der Waals surface area (Å²) in [5.74, 6) is 0.712. The SMILES string of the molecule is CCCNCC1CCN(S(=O)(=O)CCOC(C)C)CC1. The fraction of sp³-hybridized carbons (Fsp3) is 1.00. The van der Waals surface area contributed by atoms with Gasteiger partial charge in [-0.05, 0) is 52.1 Å². The number of piperidine rings is 1. The van der Waals surface area contributed by atoms with Gasteiger partial charge in [-0.2, -0.15) is 0 Å². The van der Waals surface area contributed by atoms with Crippen molar-refractivity contribution >= 4 is 10.0 Å². The molecule has 5 nitrogen and oxygen atoms in total. The maximum Gasteiger partial charge on any atom is 0.216 e. The number of rotatable bonds is 9. The van der Waals surface area contributed by atoms with Gasteiger partial charge in [-0.15, -0.1) is 0 Å². The lowest BCUT2D eigenvalue weighted by molar-refractivity contribution is 0.0905. The molecule has 0 radical (unpaired) electrons. The van der Waals surface area contributed by atoms with Crippen LogP contribution in [0.3, 0.4) is 0 Å². The average molecular weight is 306 g/mol. The van der Waals surface area contributed by atoms with Crippen molar-refractivity contribution < 1.29 is 13.2 Å². The van der Waals surface area contributed by atoms with Crippen LogP contribution in [0.1, 0.15) is 40.0 Å². The smallest absolute Gasteiger partial charge is 0.216 e. The Kier molecular flexibility index (Phi) is 8.02. The fourth-order valence-electron chi connectivity index (χ4n) is 2.39. The van der Waals surface area contributed by atoms with Gasteiger partial charge in [-0.3, -0.25) is 0 Å². The predicted octanol–water partition coefficient (Wildman–Crippen LogP) is 1.45. The Balaban J connectivity index is 2.28. The second-order valence-electron chi connectivity index (χ2n) is 5.78. The Hall–Kier alpha value is -0.170. The number of hydrogen-bond donors (Lipinski definition) is 1. The van der Waals surface area contributed by atoms with E-state index in [1.807, 2.05) is 13.8 Å². The molecular weight excluding hydrogens is 276 g/mol. The zero-order valence-electron chi connectivity index (χ0n) is 13.1. The topological polar surface area (TPSA) is 58.6 Å². The first-order valence-corrected chi connectivity index (χ1v) is 9.36. The van der Waals surface area contributed by atoms with Crippen molar-refractivity contribution in [3.8, 4) is 0 Å². The van der Waals surface area contributed by atoms with Crippen LogP contribution in [0.25, 0.3) is 0 Å². The van der Waals surface area contributed by atoms with Gasteiger partial charge in [0.25, 0.3) is 0 Å². The molecule has 1 N–H and O–H groups in total. The van der Waals surface area contributed by atoms with Crippen LogP contribution in [-0.2, 0) is 14.8 Å². The van der Waals surface area contributed by atoms with E-state index in [4.69, 9.17) is 4.74 Å². The molecule has 0 saturated carbocycles. The van der Waals surface area contributed by atoms with Crippen molar-refractivity contribution in [3.05, 3.63) is 0 Å². The van der Waals surface area contributed by atoms with Crippen LogP contribution in [0.5, 0.6) is 0 Å². The van der Waals surface area contributed by atoms with Gasteiger partial charge in [0.15, 0.2) is 0 Å². The Morgan fingerprint density at radius 2 is 1.95 bits per heavy atom. The molecular formula is C14H30N2O3S. The Morgan fingerprint density at radius 1 is 1.30 bits per heavy atom. The van der Waals surface area contributed by atoms with Crippen molar-refractivity contribution in [2.75, 3.05) is 38.5 Å². The van der Waals surface area contributed by atoms with E-state index >= 15 is 0 Å². The maximum absolute atomic E-state index is 12.2. The van der Waals surface area contributed by atoms with Crippen molar-refractivity contribution in [2.45, 2.75) is 46.1 Å². The minimum Gasteiger partial charge on any atom is -0.378 e. The van der Waals surface area contributed by atoms with Gasteiger partial charge in [-0.25, -0.2) is 12.7 Å². The van der Waals surface area contributed by atoms with E-state index in [2.05, 4.69) is 12.2 Å². The van der Waals surface area contributed by atoms with Gasteiger partial charge < -0.3 is 10.1 Å². The van der Waals surface area contributed by atoms with Gasteiger partial charge >= 0.3 is 0 Å². The normalized spacial score (nSPS) is 18.8. The molecule has 0 atom stereocenters. The minimum absolute atomic E-state index is 0.0839. The standard InChI is InChI=1S/C14H30N2O3S/c1-4-7-15-12-14-5-8-16(9-6-14)20(17,18)11-10-19-13(2)3/h13-15H,4-12H2,1-3H3. The molecule has 0 aromatic carbocycles. The molecule has 0 spiro atoms. The van der Waals surface area contributed by atoms with E-state index in [9.17, 15) is 8.42 Å². The first kappa shape index (κ1) is 17.9. The molecule has 0 aliphatic carbocycles. The van der Waals surface area contributed by atoms with Gasteiger partial charge in [0, 0.05) is 13.1 Å². The van der Waals surface area contributed by atoms with Gasteiger partial charge in [0.05, 0.1) is 18.5 Å². The summed E-state index contributed by atoms with van der Waals surface area (Å²) in [4.78, 5) is 0. The molecule has 1 aliphatic heterocycles. The first-order valence-electron chi connectivity index (χ1n) is 7.76. The van der Waals surface area contributed by atoms with Crippen LogP contribution in [-0.4, -0.2) is 57.4 Å². The summed E-state index contributed by atoms with van der Waals surface area (Å²) >= 11 is 0. The summed E-state index contributed by atoms with van der Waals surface area (Å²) < 4.78 is 31.3. The van der Waals surface area contributed by atoms with E-state index in [0.29, 0.717) is 19.0 Å². The fourth-order valence-corrected chi connectivity index (χ4v) is 3.72. The van der Waals surface area contributed by atoms with Crippen molar-refractivity contribution in [3.63, 3.8) is 0 Å². The highest BCUT2D eigenvalue weighted by atomic mass is 32.2. The van der Waals surface area contributed by atoms with Crippen LogP contribution < -0.4 is 5.32 Å². The number of nitrogens with one attached hydrogen (secondary N) is 1. The van der Waals surface area contributed by atoms with Crippen LogP contribution in [0, 0.1) is 5.92 Å². The molecule has 1 heterocycles. The molecule has 0 aromatic heterocycles. The third kappa shape index (κ3) is 6.52. The monoisotopic (exact) mass is 306 g/mol. The quantitative estimate of drug-likeness (QED) is 0.655. The second-order valence-corrected chi connectivity index (χ2v) is 7.87. The largest absolute Gasteiger partial charge is 0.378 e. The molecule has 0 amide bonds. The maximum atomic E-state index is 12.2. The third-order valence-electron chi connectivity index (χ3n) is 3.62. The lowest BCUT2D eigenvalue weighted by Crippen LogP contribution is -2.42. The molecule has 120 valence electrons. The highest BCUT2D eigenvalue weighted by molar-refractivity contribution is 7.89. The molecule has 1 aliphatic rings. The second kappa shape index (κ2) is 8.97. The molecule has 0 unspecified atom stereocenters. The van der Waals surface area contributed by atoms with E-state index in [-0.39, 0.29) is 18.5 Å². The summed E-state index contributed by atoms with van der Waals surface area (Å²) in [5.41, 5.74) is 0. The minimum atomic E-state index is -3.14. The summed E-state index contributed by atoms with van der Waals surface area (Å²) in [6.45, 7) is 9.65. The molecule has 0 aromatic rings. The van der Waals surface area contributed by atoms with E-state index in [1.165, 1.54) is 0 Å². The summed E-state index contributed by atoms with van der Waals surface area (Å²) in [6, 6.07) is 0. The molecule has 20 heavy (non-hydrogen) atoms. The van der Waals surface area contributed by atoms with E-state index in [0.717, 1.165) is 32.4 Å². The molecule has 1 rings (SSSR count). The zero-order valence-corrected chi connectivity index (χ0v) is 13.9. The number of hydrogen-bond acceptors (Lipinski definition) is 4. The lowest BCUT2D eigenvalue weighted by Gasteiger charge is -2.31. The Labute approximate surface area is 124 Å². The van der Waals surface area contributed by atoms with Crippen LogP contribution in [0.15, 0.2) is 0 Å². The average Bonchev–Trinajstić information content (AvgIpc) is 2.39. The van der Waals surface area contributed by atoms with Crippen LogP contribution >= 0.6 is 0 Å². The molecule has 1 fully saturated rings. The Bertz CT molecular complexity index is 349. The van der Waals surface area contributed by atoms with E-state index < -0.39 is 10.0 Å². The number of ether oxygens (including phenoxy) is 1. The van der Waals surface area contributed by atoms with Crippen molar-refractivity contribution in [1.29, 1.82) is 0 Å². The summed E-state index contributed by atoms with van der Waals surface area (Å²) in [6.07, 6.45) is 3.14. The van der Waals surface area contributed by atoms with Crippen LogP contribution in [0.2, 0.25) is 0 Å². The molecule has 0 bridgehead atoms. The van der Waals surface area contributed by atoms with Crippen molar-refractivity contribution in [1.82, 2.24) is 9.62 Å². The van der Waals surface area contributed by atoms with Gasteiger partial charge in [0.1, 0.15) is 0 Å². The lowest BCUT2D eigenvalue weighted by atomic mass is 9.98. The zero-order chi connectivity index (χ0) is 15.0. The van der Waals surface area contributed by atoms with E-state index in [1.54, 1.807) is 4.31 Å². The first-order chi connectivity index (χ1) is 9.45. The predicted molar refractivity (Wildman–Crippen MR) is 82.3 cm³/mol. The highest BCUT2D eigenvalue weighted by Crippen LogP contribution is 2.19. The Morgan fingerprint density at radius 3 is 2.50 bits per heavy atom. The summed E-state index contributed by atoms with van der Waals surface area (Å²) in [5, 5.41) is 3.42.